The third kappa shape index (κ3) is 2.56. The van der Waals surface area contributed by atoms with Crippen LogP contribution >= 0.6 is 11.8 Å². The zero-order valence-electron chi connectivity index (χ0n) is 5.72. The van der Waals surface area contributed by atoms with Gasteiger partial charge in [0.2, 0.25) is 0 Å². The number of rotatable bonds is 3. The van der Waals surface area contributed by atoms with Crippen molar-refractivity contribution in [1.82, 2.24) is 5.48 Å². The molecule has 0 amide bonds. The molecule has 0 aromatic rings. The lowest BCUT2D eigenvalue weighted by Gasteiger charge is -2.05. The zero-order valence-corrected chi connectivity index (χ0v) is 6.54. The summed E-state index contributed by atoms with van der Waals surface area (Å²) in [5.74, 6) is 3.39. The summed E-state index contributed by atoms with van der Waals surface area (Å²) < 4.78 is 0. The van der Waals surface area contributed by atoms with Crippen molar-refractivity contribution >= 4 is 11.8 Å². The van der Waals surface area contributed by atoms with E-state index >= 15 is 0 Å². The Kier molecular flexibility index (Phi) is 3.40. The predicted molar refractivity (Wildman–Crippen MR) is 40.4 cm³/mol. The SMILES string of the molecule is CNOCC1CCSC1. The molecule has 1 N–H and O–H groups in total. The molecule has 1 heterocycles. The van der Waals surface area contributed by atoms with Gasteiger partial charge in [-0.25, -0.2) is 5.48 Å². The molecular formula is C6H13NOS. The topological polar surface area (TPSA) is 21.3 Å². The summed E-state index contributed by atoms with van der Waals surface area (Å²) in [5.41, 5.74) is 2.69. The van der Waals surface area contributed by atoms with Crippen LogP contribution < -0.4 is 5.48 Å². The lowest BCUT2D eigenvalue weighted by Crippen LogP contribution is -2.15. The number of nitrogens with one attached hydrogen (secondary N) is 1. The molecule has 0 aliphatic carbocycles. The summed E-state index contributed by atoms with van der Waals surface area (Å²) in [7, 11) is 1.81. The Labute approximate surface area is 60.3 Å². The van der Waals surface area contributed by atoms with Crippen LogP contribution in [0.1, 0.15) is 6.42 Å². The molecule has 54 valence electrons. The van der Waals surface area contributed by atoms with E-state index in [0.717, 1.165) is 12.5 Å². The largest absolute Gasteiger partial charge is 0.302 e. The molecule has 3 heteroatoms. The Bertz CT molecular complexity index is 73.5. The standard InChI is InChI=1S/C6H13NOS/c1-7-8-4-6-2-3-9-5-6/h6-7H,2-5H2,1H3. The van der Waals surface area contributed by atoms with E-state index in [4.69, 9.17) is 4.84 Å². The van der Waals surface area contributed by atoms with E-state index in [1.165, 1.54) is 17.9 Å². The third-order valence-electron chi connectivity index (χ3n) is 1.49. The average molecular weight is 147 g/mol. The monoisotopic (exact) mass is 147 g/mol. The van der Waals surface area contributed by atoms with Crippen LogP contribution in [0.25, 0.3) is 0 Å². The molecule has 1 aliphatic rings. The average Bonchev–Trinajstić information content (AvgIpc) is 2.34. The summed E-state index contributed by atoms with van der Waals surface area (Å²) in [6, 6.07) is 0. The second-order valence-corrected chi connectivity index (χ2v) is 3.39. The molecular weight excluding hydrogens is 134 g/mol. The molecule has 0 aromatic carbocycles. The van der Waals surface area contributed by atoms with Gasteiger partial charge in [0.15, 0.2) is 0 Å². The molecule has 2 nitrogen and oxygen atoms in total. The summed E-state index contributed by atoms with van der Waals surface area (Å²) in [6.07, 6.45) is 1.33. The Morgan fingerprint density at radius 2 is 2.67 bits per heavy atom. The highest BCUT2D eigenvalue weighted by atomic mass is 32.2. The van der Waals surface area contributed by atoms with E-state index in [2.05, 4.69) is 5.48 Å². The van der Waals surface area contributed by atoms with Crippen molar-refractivity contribution in [2.75, 3.05) is 25.2 Å². The second-order valence-electron chi connectivity index (χ2n) is 2.24. The number of thioether (sulfide) groups is 1. The maximum atomic E-state index is 5.05. The zero-order chi connectivity index (χ0) is 6.53. The molecule has 1 fully saturated rings. The fourth-order valence-corrected chi connectivity index (χ4v) is 2.18. The maximum Gasteiger partial charge on any atom is 0.0718 e. The van der Waals surface area contributed by atoms with Crippen LogP contribution in [0.3, 0.4) is 0 Å². The van der Waals surface area contributed by atoms with E-state index in [9.17, 15) is 0 Å². The van der Waals surface area contributed by atoms with Crippen LogP contribution in [0.5, 0.6) is 0 Å². The molecule has 1 aliphatic heterocycles. The Hall–Kier alpha value is 0.270. The summed E-state index contributed by atoms with van der Waals surface area (Å²) in [4.78, 5) is 5.05. The van der Waals surface area contributed by atoms with Gasteiger partial charge in [0, 0.05) is 7.05 Å². The van der Waals surface area contributed by atoms with Crippen LogP contribution in [-0.4, -0.2) is 25.2 Å². The Balaban J connectivity index is 1.98. The first-order chi connectivity index (χ1) is 4.43. The minimum absolute atomic E-state index is 0.794. The molecule has 0 spiro atoms. The summed E-state index contributed by atoms with van der Waals surface area (Å²) in [5, 5.41) is 0. The van der Waals surface area contributed by atoms with Crippen LogP contribution in [0.4, 0.5) is 0 Å². The normalized spacial score (nSPS) is 27.0. The summed E-state index contributed by atoms with van der Waals surface area (Å²) >= 11 is 2.02. The molecule has 0 radical (unpaired) electrons. The second kappa shape index (κ2) is 4.14. The van der Waals surface area contributed by atoms with Gasteiger partial charge in [-0.1, -0.05) is 0 Å². The fourth-order valence-electron chi connectivity index (χ4n) is 0.916. The number of hydrogen-bond acceptors (Lipinski definition) is 3. The third-order valence-corrected chi connectivity index (χ3v) is 2.72. The van der Waals surface area contributed by atoms with E-state index in [-0.39, 0.29) is 0 Å². The number of hydroxylamine groups is 1. The molecule has 0 aromatic heterocycles. The van der Waals surface area contributed by atoms with Crippen molar-refractivity contribution in [3.63, 3.8) is 0 Å². The van der Waals surface area contributed by atoms with Crippen LogP contribution in [-0.2, 0) is 4.84 Å². The molecule has 0 bridgehead atoms. The van der Waals surface area contributed by atoms with E-state index in [1.54, 1.807) is 0 Å². The van der Waals surface area contributed by atoms with Gasteiger partial charge in [0.1, 0.15) is 0 Å². The van der Waals surface area contributed by atoms with Crippen LogP contribution in [0, 0.1) is 5.92 Å². The molecule has 1 unspecified atom stereocenters. The predicted octanol–water partition coefficient (Wildman–Crippen LogP) is 0.890. The van der Waals surface area contributed by atoms with Gasteiger partial charge in [-0.3, -0.25) is 0 Å². The van der Waals surface area contributed by atoms with Gasteiger partial charge in [0.25, 0.3) is 0 Å². The first-order valence-electron chi connectivity index (χ1n) is 3.29. The fraction of sp³-hybridized carbons (Fsp3) is 1.00. The van der Waals surface area contributed by atoms with E-state index in [1.807, 2.05) is 18.8 Å². The van der Waals surface area contributed by atoms with Crippen LogP contribution in [0.2, 0.25) is 0 Å². The van der Waals surface area contributed by atoms with Crippen molar-refractivity contribution in [1.29, 1.82) is 0 Å². The molecule has 1 atom stereocenters. The first kappa shape index (κ1) is 7.38. The smallest absolute Gasteiger partial charge is 0.0718 e. The highest BCUT2D eigenvalue weighted by Crippen LogP contribution is 2.22. The molecule has 1 saturated heterocycles. The Morgan fingerprint density at radius 3 is 3.22 bits per heavy atom. The molecule has 0 saturated carbocycles. The van der Waals surface area contributed by atoms with E-state index in [0.29, 0.717) is 0 Å². The minimum atomic E-state index is 0.794. The van der Waals surface area contributed by atoms with Gasteiger partial charge in [-0.05, 0) is 23.8 Å². The first-order valence-corrected chi connectivity index (χ1v) is 4.45. The Morgan fingerprint density at radius 1 is 1.78 bits per heavy atom. The quantitative estimate of drug-likeness (QED) is 0.599. The van der Waals surface area contributed by atoms with Gasteiger partial charge in [-0.15, -0.1) is 0 Å². The van der Waals surface area contributed by atoms with Crippen molar-refractivity contribution in [3.05, 3.63) is 0 Å². The molecule has 9 heavy (non-hydrogen) atoms. The lowest BCUT2D eigenvalue weighted by atomic mass is 10.1. The van der Waals surface area contributed by atoms with Crippen molar-refractivity contribution in [2.24, 2.45) is 5.92 Å². The van der Waals surface area contributed by atoms with Gasteiger partial charge in [0.05, 0.1) is 6.61 Å². The number of hydrogen-bond donors (Lipinski definition) is 1. The van der Waals surface area contributed by atoms with Crippen molar-refractivity contribution in [2.45, 2.75) is 6.42 Å². The highest BCUT2D eigenvalue weighted by Gasteiger charge is 2.14. The highest BCUT2D eigenvalue weighted by molar-refractivity contribution is 7.99. The molecule has 1 rings (SSSR count). The van der Waals surface area contributed by atoms with Gasteiger partial charge >= 0.3 is 0 Å². The van der Waals surface area contributed by atoms with Crippen LogP contribution in [0.15, 0.2) is 0 Å². The van der Waals surface area contributed by atoms with Crippen molar-refractivity contribution in [3.8, 4) is 0 Å². The van der Waals surface area contributed by atoms with Gasteiger partial charge < -0.3 is 4.84 Å². The van der Waals surface area contributed by atoms with Crippen molar-refractivity contribution < 1.29 is 4.84 Å². The lowest BCUT2D eigenvalue weighted by molar-refractivity contribution is 0.0371. The minimum Gasteiger partial charge on any atom is -0.302 e. The maximum absolute atomic E-state index is 5.05. The summed E-state index contributed by atoms with van der Waals surface area (Å²) in [6.45, 7) is 0.878. The van der Waals surface area contributed by atoms with Gasteiger partial charge in [-0.2, -0.15) is 11.8 Å². The van der Waals surface area contributed by atoms with E-state index < -0.39 is 0 Å².